The van der Waals surface area contributed by atoms with Crippen LogP contribution in [-0.4, -0.2) is 36.4 Å². The molecular formula is C26H18F2N6O2S2. The Balaban J connectivity index is 1.25. The van der Waals surface area contributed by atoms with Crippen molar-refractivity contribution >= 4 is 45.7 Å². The molecular weight excluding hydrogens is 530 g/mol. The van der Waals surface area contributed by atoms with Crippen LogP contribution in [0.2, 0.25) is 0 Å². The molecule has 8 nitrogen and oxygen atoms in total. The second-order valence-electron chi connectivity index (χ2n) is 8.36. The number of amides is 1. The standard InChI is InChI=1S/C26H18F2N6O2S2/c27-16-5-3-15(4-6-16)21-12-20(22-2-1-11-37-22)32-34(21)23(35)14-38-26-30-24-19(25(36)31-26)13-29-33(24)18-9-7-17(28)8-10-18/h1-13,21,32H,14H2,(H,30,31,36). The van der Waals surface area contributed by atoms with E-state index < -0.39 is 17.4 Å². The van der Waals surface area contributed by atoms with Crippen LogP contribution in [0.5, 0.6) is 0 Å². The Morgan fingerprint density at radius 1 is 1.05 bits per heavy atom. The third-order valence-electron chi connectivity index (χ3n) is 5.93. The van der Waals surface area contributed by atoms with Crippen LogP contribution in [0.25, 0.3) is 22.4 Å². The predicted molar refractivity (Wildman–Crippen MR) is 142 cm³/mol. The van der Waals surface area contributed by atoms with E-state index in [0.29, 0.717) is 11.3 Å². The van der Waals surface area contributed by atoms with Crippen molar-refractivity contribution in [3.8, 4) is 5.69 Å². The third kappa shape index (κ3) is 4.59. The highest BCUT2D eigenvalue weighted by Gasteiger charge is 2.31. The fraction of sp³-hybridized carbons (Fsp3) is 0.0769. The zero-order valence-corrected chi connectivity index (χ0v) is 21.1. The minimum absolute atomic E-state index is 0.0324. The molecule has 5 aromatic rings. The molecule has 0 saturated carbocycles. The largest absolute Gasteiger partial charge is 0.301 e. The molecule has 6 rings (SSSR count). The summed E-state index contributed by atoms with van der Waals surface area (Å²) in [5.74, 6) is -1.05. The van der Waals surface area contributed by atoms with Gasteiger partial charge in [0, 0.05) is 0 Å². The number of thioether (sulfide) groups is 1. The number of hydrazine groups is 1. The first kappa shape index (κ1) is 24.1. The minimum atomic E-state index is -0.449. The van der Waals surface area contributed by atoms with Crippen molar-refractivity contribution in [1.29, 1.82) is 0 Å². The summed E-state index contributed by atoms with van der Waals surface area (Å²) in [6.07, 6.45) is 3.32. The number of H-pyrrole nitrogens is 1. The van der Waals surface area contributed by atoms with Crippen LogP contribution in [0, 0.1) is 11.6 Å². The van der Waals surface area contributed by atoms with Gasteiger partial charge in [-0.1, -0.05) is 30.0 Å². The molecule has 1 unspecified atom stereocenters. The molecule has 1 aliphatic heterocycles. The number of carbonyl (C=O) groups excluding carboxylic acids is 1. The van der Waals surface area contributed by atoms with Crippen molar-refractivity contribution in [2.45, 2.75) is 11.2 Å². The van der Waals surface area contributed by atoms with Gasteiger partial charge in [0.2, 0.25) is 0 Å². The number of halogens is 2. The molecule has 2 aromatic carbocycles. The lowest BCUT2D eigenvalue weighted by molar-refractivity contribution is -0.131. The number of aromatic amines is 1. The number of fused-ring (bicyclic) bond motifs is 1. The normalized spacial score (nSPS) is 15.1. The van der Waals surface area contributed by atoms with Crippen LogP contribution in [-0.2, 0) is 4.79 Å². The minimum Gasteiger partial charge on any atom is -0.301 e. The molecule has 12 heteroatoms. The molecule has 0 fully saturated rings. The average molecular weight is 549 g/mol. The number of nitrogens with zero attached hydrogens (tertiary/aromatic N) is 4. The lowest BCUT2D eigenvalue weighted by Gasteiger charge is -2.25. The summed E-state index contributed by atoms with van der Waals surface area (Å²) in [6.45, 7) is 0. The Bertz CT molecular complexity index is 1710. The predicted octanol–water partition coefficient (Wildman–Crippen LogP) is 4.67. The highest BCUT2D eigenvalue weighted by Crippen LogP contribution is 2.33. The number of rotatable bonds is 6. The number of aromatic nitrogens is 4. The lowest BCUT2D eigenvalue weighted by Crippen LogP contribution is -2.40. The monoisotopic (exact) mass is 548 g/mol. The van der Waals surface area contributed by atoms with Crippen molar-refractivity contribution in [2.75, 3.05) is 5.75 Å². The number of thiophene rings is 1. The first-order valence-electron chi connectivity index (χ1n) is 11.4. The number of nitrogens with one attached hydrogen (secondary N) is 2. The fourth-order valence-electron chi connectivity index (χ4n) is 4.10. The van der Waals surface area contributed by atoms with Gasteiger partial charge < -0.3 is 4.98 Å². The fourth-order valence-corrected chi connectivity index (χ4v) is 5.52. The molecule has 4 heterocycles. The third-order valence-corrected chi connectivity index (χ3v) is 7.69. The van der Waals surface area contributed by atoms with Crippen LogP contribution in [0.3, 0.4) is 0 Å². The van der Waals surface area contributed by atoms with Crippen molar-refractivity contribution < 1.29 is 13.6 Å². The number of carbonyl (C=O) groups is 1. The SMILES string of the molecule is O=C(CSc1nc2c(cnn2-c2ccc(F)cc2)c(=O)[nH]1)N1NC(c2cccs2)=CC1c1ccc(F)cc1. The van der Waals surface area contributed by atoms with E-state index in [2.05, 4.69) is 20.5 Å². The van der Waals surface area contributed by atoms with Crippen LogP contribution in [0.4, 0.5) is 8.78 Å². The molecule has 1 aliphatic rings. The average Bonchev–Trinajstić information content (AvgIpc) is 3.68. The van der Waals surface area contributed by atoms with Gasteiger partial charge in [-0.3, -0.25) is 15.0 Å². The maximum Gasteiger partial charge on any atom is 0.262 e. The molecule has 0 radical (unpaired) electrons. The second kappa shape index (κ2) is 9.88. The van der Waals surface area contributed by atoms with Gasteiger partial charge in [0.05, 0.1) is 34.3 Å². The van der Waals surface area contributed by atoms with Gasteiger partial charge in [0.1, 0.15) is 17.0 Å². The van der Waals surface area contributed by atoms with Gasteiger partial charge in [-0.25, -0.2) is 23.5 Å². The van der Waals surface area contributed by atoms with E-state index in [1.807, 2.05) is 23.6 Å². The quantitative estimate of drug-likeness (QED) is 0.237. The van der Waals surface area contributed by atoms with Gasteiger partial charge in [-0.05, 0) is 59.5 Å². The summed E-state index contributed by atoms with van der Waals surface area (Å²) in [5.41, 5.74) is 5.14. The van der Waals surface area contributed by atoms with Gasteiger partial charge in [0.25, 0.3) is 11.5 Å². The van der Waals surface area contributed by atoms with Crippen molar-refractivity contribution in [3.63, 3.8) is 0 Å². The highest BCUT2D eigenvalue weighted by molar-refractivity contribution is 7.99. The first-order valence-corrected chi connectivity index (χ1v) is 13.3. The summed E-state index contributed by atoms with van der Waals surface area (Å²) < 4.78 is 28.4. The Morgan fingerprint density at radius 3 is 2.50 bits per heavy atom. The topological polar surface area (TPSA) is 95.9 Å². The lowest BCUT2D eigenvalue weighted by atomic mass is 10.1. The summed E-state index contributed by atoms with van der Waals surface area (Å²) in [4.78, 5) is 34.2. The maximum atomic E-state index is 13.5. The summed E-state index contributed by atoms with van der Waals surface area (Å²) in [6, 6.07) is 15.1. The van der Waals surface area contributed by atoms with E-state index >= 15 is 0 Å². The van der Waals surface area contributed by atoms with Crippen molar-refractivity contribution in [2.24, 2.45) is 0 Å². The van der Waals surface area contributed by atoms with Crippen LogP contribution in [0.1, 0.15) is 16.5 Å². The van der Waals surface area contributed by atoms with Gasteiger partial charge >= 0.3 is 0 Å². The molecule has 190 valence electrons. The molecule has 2 N–H and O–H groups in total. The molecule has 0 aliphatic carbocycles. The zero-order chi connectivity index (χ0) is 26.2. The van der Waals surface area contributed by atoms with Crippen LogP contribution in [0.15, 0.2) is 88.3 Å². The Morgan fingerprint density at radius 2 is 1.79 bits per heavy atom. The highest BCUT2D eigenvalue weighted by atomic mass is 32.2. The summed E-state index contributed by atoms with van der Waals surface area (Å²) >= 11 is 2.61. The van der Waals surface area contributed by atoms with E-state index in [9.17, 15) is 18.4 Å². The molecule has 1 atom stereocenters. The van der Waals surface area contributed by atoms with Crippen molar-refractivity contribution in [1.82, 2.24) is 30.2 Å². The van der Waals surface area contributed by atoms with Crippen molar-refractivity contribution in [3.05, 3.63) is 111 Å². The van der Waals surface area contributed by atoms with E-state index in [1.54, 1.807) is 12.1 Å². The molecule has 0 saturated heterocycles. The van der Waals surface area contributed by atoms with Crippen LogP contribution < -0.4 is 11.0 Å². The Kier molecular flexibility index (Phi) is 6.26. The smallest absolute Gasteiger partial charge is 0.262 e. The summed E-state index contributed by atoms with van der Waals surface area (Å²) in [7, 11) is 0. The molecule has 3 aromatic heterocycles. The van der Waals surface area contributed by atoms with Crippen LogP contribution >= 0.6 is 23.1 Å². The first-order chi connectivity index (χ1) is 18.5. The van der Waals surface area contributed by atoms with E-state index in [1.165, 1.54) is 63.6 Å². The molecule has 0 spiro atoms. The molecule has 1 amide bonds. The number of hydrogen-bond donors (Lipinski definition) is 2. The molecule has 38 heavy (non-hydrogen) atoms. The number of hydrogen-bond acceptors (Lipinski definition) is 7. The van der Waals surface area contributed by atoms with E-state index in [4.69, 9.17) is 0 Å². The van der Waals surface area contributed by atoms with Gasteiger partial charge in [0.15, 0.2) is 10.8 Å². The second-order valence-corrected chi connectivity index (χ2v) is 10.3. The van der Waals surface area contributed by atoms with E-state index in [-0.39, 0.29) is 28.0 Å². The Labute approximate surface area is 222 Å². The molecule has 0 bridgehead atoms. The van der Waals surface area contributed by atoms with Gasteiger partial charge in [-0.2, -0.15) is 5.10 Å². The maximum absolute atomic E-state index is 13.5. The zero-order valence-electron chi connectivity index (χ0n) is 19.5. The van der Waals surface area contributed by atoms with Gasteiger partial charge in [-0.15, -0.1) is 11.3 Å². The number of benzene rings is 2. The van der Waals surface area contributed by atoms with E-state index in [0.717, 1.165) is 27.9 Å². The Hall–Kier alpha value is -4.29. The summed E-state index contributed by atoms with van der Waals surface area (Å²) in [5, 5.41) is 8.17.